The number of carbonyl (C=O) groups excluding carboxylic acids is 1. The zero-order valence-corrected chi connectivity index (χ0v) is 8.41. The molecule has 4 nitrogen and oxygen atoms in total. The van der Waals surface area contributed by atoms with Crippen LogP contribution < -0.4 is 0 Å². The van der Waals surface area contributed by atoms with E-state index in [1.54, 1.807) is 24.9 Å². The Morgan fingerprint density at radius 1 is 1.85 bits per heavy atom. The van der Waals surface area contributed by atoms with Gasteiger partial charge < -0.3 is 10.0 Å². The first-order valence-electron chi connectivity index (χ1n) is 3.93. The molecule has 0 aliphatic rings. The summed E-state index contributed by atoms with van der Waals surface area (Å²) in [7, 11) is 1.66. The van der Waals surface area contributed by atoms with E-state index >= 15 is 0 Å². The van der Waals surface area contributed by atoms with Crippen molar-refractivity contribution in [3.8, 4) is 0 Å². The summed E-state index contributed by atoms with van der Waals surface area (Å²) in [6.45, 7) is 1.75. The first kappa shape index (κ1) is 10.1. The quantitative estimate of drug-likeness (QED) is 0.777. The van der Waals surface area contributed by atoms with Crippen molar-refractivity contribution in [2.24, 2.45) is 0 Å². The fourth-order valence-electron chi connectivity index (χ4n) is 0.821. The van der Waals surface area contributed by atoms with Gasteiger partial charge in [-0.05, 0) is 6.92 Å². The van der Waals surface area contributed by atoms with Crippen molar-refractivity contribution in [2.75, 3.05) is 13.7 Å². The van der Waals surface area contributed by atoms with Crippen LogP contribution in [0.5, 0.6) is 0 Å². The second-order valence-corrected chi connectivity index (χ2v) is 3.54. The van der Waals surface area contributed by atoms with Crippen molar-refractivity contribution in [3.05, 3.63) is 16.6 Å². The standard InChI is InChI=1S/C8H12N2O2S/c1-6(3-11)10(2)8(12)7-4-13-5-9-7/h4-6,11H,3H2,1-2H3. The molecule has 1 aromatic heterocycles. The third-order valence-corrected chi connectivity index (χ3v) is 2.48. The molecule has 72 valence electrons. The van der Waals surface area contributed by atoms with Crippen LogP contribution in [-0.2, 0) is 0 Å². The average Bonchev–Trinajstić information content (AvgIpc) is 2.67. The van der Waals surface area contributed by atoms with E-state index in [-0.39, 0.29) is 18.6 Å². The molecular formula is C8H12N2O2S. The lowest BCUT2D eigenvalue weighted by atomic mass is 10.3. The van der Waals surface area contributed by atoms with Crippen molar-refractivity contribution in [2.45, 2.75) is 13.0 Å². The summed E-state index contributed by atoms with van der Waals surface area (Å²) in [6, 6.07) is -0.172. The van der Waals surface area contributed by atoms with Crippen LogP contribution in [0, 0.1) is 0 Å². The molecule has 1 N–H and O–H groups in total. The Morgan fingerprint density at radius 2 is 2.54 bits per heavy atom. The molecule has 1 aromatic rings. The van der Waals surface area contributed by atoms with Gasteiger partial charge in [-0.3, -0.25) is 4.79 Å². The van der Waals surface area contributed by atoms with Gasteiger partial charge in [0, 0.05) is 12.4 Å². The zero-order chi connectivity index (χ0) is 9.84. The van der Waals surface area contributed by atoms with Crippen LogP contribution in [0.15, 0.2) is 10.9 Å². The molecule has 0 aliphatic heterocycles. The fourth-order valence-corrected chi connectivity index (χ4v) is 1.35. The summed E-state index contributed by atoms with van der Waals surface area (Å²) < 4.78 is 0. The highest BCUT2D eigenvalue weighted by molar-refractivity contribution is 7.07. The lowest BCUT2D eigenvalue weighted by Gasteiger charge is -2.21. The lowest BCUT2D eigenvalue weighted by Crippen LogP contribution is -2.37. The minimum Gasteiger partial charge on any atom is -0.394 e. The predicted octanol–water partition coefficient (Wildman–Crippen LogP) is 0.596. The highest BCUT2D eigenvalue weighted by Crippen LogP contribution is 2.06. The average molecular weight is 200 g/mol. The van der Waals surface area contributed by atoms with Gasteiger partial charge in [0.15, 0.2) is 0 Å². The van der Waals surface area contributed by atoms with Crippen molar-refractivity contribution in [3.63, 3.8) is 0 Å². The molecule has 1 heterocycles. The van der Waals surface area contributed by atoms with Gasteiger partial charge in [0.05, 0.1) is 18.2 Å². The number of aromatic nitrogens is 1. The molecule has 5 heteroatoms. The molecule has 0 saturated heterocycles. The summed E-state index contributed by atoms with van der Waals surface area (Å²) in [6.07, 6.45) is 0. The maximum Gasteiger partial charge on any atom is 0.273 e. The van der Waals surface area contributed by atoms with E-state index in [0.717, 1.165) is 0 Å². The normalized spacial score (nSPS) is 12.5. The predicted molar refractivity (Wildman–Crippen MR) is 50.8 cm³/mol. The summed E-state index contributed by atoms with van der Waals surface area (Å²) in [5.74, 6) is -0.150. The Morgan fingerprint density at radius 3 is 3.00 bits per heavy atom. The van der Waals surface area contributed by atoms with Crippen molar-refractivity contribution >= 4 is 17.2 Å². The van der Waals surface area contributed by atoms with Gasteiger partial charge in [-0.1, -0.05) is 0 Å². The minimum atomic E-state index is -0.172. The van der Waals surface area contributed by atoms with Gasteiger partial charge in [0.1, 0.15) is 5.69 Å². The second-order valence-electron chi connectivity index (χ2n) is 2.82. The molecule has 0 bridgehead atoms. The van der Waals surface area contributed by atoms with E-state index in [2.05, 4.69) is 4.98 Å². The molecule has 0 fully saturated rings. The van der Waals surface area contributed by atoms with Gasteiger partial charge in [0.25, 0.3) is 5.91 Å². The molecule has 0 spiro atoms. The van der Waals surface area contributed by atoms with Crippen molar-refractivity contribution in [1.29, 1.82) is 0 Å². The molecule has 0 radical (unpaired) electrons. The van der Waals surface area contributed by atoms with Gasteiger partial charge >= 0.3 is 0 Å². The third kappa shape index (κ3) is 2.26. The van der Waals surface area contributed by atoms with E-state index in [4.69, 9.17) is 5.11 Å². The summed E-state index contributed by atoms with van der Waals surface area (Å²) in [5.41, 5.74) is 2.05. The summed E-state index contributed by atoms with van der Waals surface area (Å²) in [5, 5.41) is 10.5. The number of hydrogen-bond donors (Lipinski definition) is 1. The van der Waals surface area contributed by atoms with E-state index in [1.165, 1.54) is 16.2 Å². The smallest absolute Gasteiger partial charge is 0.273 e. The largest absolute Gasteiger partial charge is 0.394 e. The Hall–Kier alpha value is -0.940. The molecule has 1 amide bonds. The second kappa shape index (κ2) is 4.34. The molecule has 0 aliphatic carbocycles. The number of thiazole rings is 1. The van der Waals surface area contributed by atoms with Crippen LogP contribution in [-0.4, -0.2) is 40.6 Å². The van der Waals surface area contributed by atoms with E-state index in [0.29, 0.717) is 5.69 Å². The highest BCUT2D eigenvalue weighted by Gasteiger charge is 2.17. The number of nitrogens with zero attached hydrogens (tertiary/aromatic N) is 2. The van der Waals surface area contributed by atoms with Gasteiger partial charge in [0.2, 0.25) is 0 Å². The SMILES string of the molecule is CC(CO)N(C)C(=O)c1cscn1. The Labute approximate surface area is 80.8 Å². The molecule has 1 atom stereocenters. The summed E-state index contributed by atoms with van der Waals surface area (Å²) in [4.78, 5) is 16.9. The third-order valence-electron chi connectivity index (χ3n) is 1.90. The topological polar surface area (TPSA) is 53.4 Å². The number of aliphatic hydroxyl groups is 1. The number of carbonyl (C=O) groups is 1. The highest BCUT2D eigenvalue weighted by atomic mass is 32.1. The van der Waals surface area contributed by atoms with Gasteiger partial charge in [-0.15, -0.1) is 11.3 Å². The maximum atomic E-state index is 11.6. The van der Waals surface area contributed by atoms with Crippen LogP contribution >= 0.6 is 11.3 Å². The number of rotatable bonds is 3. The number of hydrogen-bond acceptors (Lipinski definition) is 4. The Balaban J connectivity index is 2.68. The van der Waals surface area contributed by atoms with E-state index in [9.17, 15) is 4.79 Å². The number of aliphatic hydroxyl groups excluding tert-OH is 1. The van der Waals surface area contributed by atoms with Crippen LogP contribution in [0.2, 0.25) is 0 Å². The zero-order valence-electron chi connectivity index (χ0n) is 7.60. The van der Waals surface area contributed by atoms with Gasteiger partial charge in [-0.2, -0.15) is 0 Å². The molecule has 1 rings (SSSR count). The molecule has 0 aromatic carbocycles. The lowest BCUT2D eigenvalue weighted by molar-refractivity contribution is 0.0677. The maximum absolute atomic E-state index is 11.6. The van der Waals surface area contributed by atoms with Crippen LogP contribution in [0.3, 0.4) is 0 Å². The van der Waals surface area contributed by atoms with Gasteiger partial charge in [-0.25, -0.2) is 4.98 Å². The number of likely N-dealkylation sites (N-methyl/N-ethyl adjacent to an activating group) is 1. The first-order valence-corrected chi connectivity index (χ1v) is 4.87. The number of amides is 1. The van der Waals surface area contributed by atoms with E-state index < -0.39 is 0 Å². The first-order chi connectivity index (χ1) is 6.16. The monoisotopic (exact) mass is 200 g/mol. The molecule has 1 unspecified atom stereocenters. The fraction of sp³-hybridized carbons (Fsp3) is 0.500. The molecular weight excluding hydrogens is 188 g/mol. The van der Waals surface area contributed by atoms with Crippen LogP contribution in [0.25, 0.3) is 0 Å². The van der Waals surface area contributed by atoms with Crippen LogP contribution in [0.4, 0.5) is 0 Å². The van der Waals surface area contributed by atoms with E-state index in [1.807, 2.05) is 0 Å². The molecule has 13 heavy (non-hydrogen) atoms. The van der Waals surface area contributed by atoms with Crippen LogP contribution in [0.1, 0.15) is 17.4 Å². The Kier molecular flexibility index (Phi) is 3.39. The van der Waals surface area contributed by atoms with Crippen molar-refractivity contribution in [1.82, 2.24) is 9.88 Å². The Bertz CT molecular complexity index is 274. The molecule has 0 saturated carbocycles. The van der Waals surface area contributed by atoms with Crippen molar-refractivity contribution < 1.29 is 9.90 Å². The minimum absolute atomic E-state index is 0.0353. The summed E-state index contributed by atoms with van der Waals surface area (Å²) >= 11 is 1.38.